The minimum atomic E-state index is 0.667. The van der Waals surface area contributed by atoms with Crippen LogP contribution in [-0.2, 0) is 0 Å². The van der Waals surface area contributed by atoms with Crippen molar-refractivity contribution in [3.05, 3.63) is 0 Å². The molecule has 0 N–H and O–H groups in total. The van der Waals surface area contributed by atoms with E-state index in [2.05, 4.69) is 30.7 Å². The van der Waals surface area contributed by atoms with Crippen LogP contribution in [0.1, 0.15) is 20.3 Å². The van der Waals surface area contributed by atoms with E-state index in [0.29, 0.717) is 6.17 Å². The standard InChI is InChI=1S/C8H18N2/c1-4-5-10-7-6-9(3)8(10)2/h8H,4-7H2,1-3H3. The average molecular weight is 142 g/mol. The first-order valence-corrected chi connectivity index (χ1v) is 4.20. The Balaban J connectivity index is 2.33. The van der Waals surface area contributed by atoms with E-state index >= 15 is 0 Å². The second-order valence-electron chi connectivity index (χ2n) is 3.15. The van der Waals surface area contributed by atoms with Gasteiger partial charge >= 0.3 is 0 Å². The molecule has 0 aromatic carbocycles. The van der Waals surface area contributed by atoms with Crippen molar-refractivity contribution in [2.24, 2.45) is 0 Å². The molecule has 0 amide bonds. The minimum absolute atomic E-state index is 0.667. The van der Waals surface area contributed by atoms with E-state index in [1.165, 1.54) is 26.1 Å². The van der Waals surface area contributed by atoms with Gasteiger partial charge in [-0.25, -0.2) is 0 Å². The van der Waals surface area contributed by atoms with Crippen LogP contribution in [0.15, 0.2) is 0 Å². The first-order chi connectivity index (χ1) is 4.75. The van der Waals surface area contributed by atoms with E-state index in [1.54, 1.807) is 0 Å². The van der Waals surface area contributed by atoms with Crippen LogP contribution in [0.5, 0.6) is 0 Å². The molecular formula is C8H18N2. The third-order valence-corrected chi connectivity index (χ3v) is 2.42. The van der Waals surface area contributed by atoms with Gasteiger partial charge in [0.1, 0.15) is 0 Å². The molecule has 60 valence electrons. The van der Waals surface area contributed by atoms with E-state index in [4.69, 9.17) is 0 Å². The van der Waals surface area contributed by atoms with Gasteiger partial charge in [0.15, 0.2) is 0 Å². The smallest absolute Gasteiger partial charge is 0.0591 e. The van der Waals surface area contributed by atoms with Crippen LogP contribution in [0.25, 0.3) is 0 Å². The molecule has 10 heavy (non-hydrogen) atoms. The molecule has 1 heterocycles. The second-order valence-corrected chi connectivity index (χ2v) is 3.15. The molecular weight excluding hydrogens is 124 g/mol. The molecule has 1 fully saturated rings. The molecule has 1 unspecified atom stereocenters. The molecule has 0 aromatic heterocycles. The highest BCUT2D eigenvalue weighted by Crippen LogP contribution is 2.10. The average Bonchev–Trinajstić information content (AvgIpc) is 2.20. The van der Waals surface area contributed by atoms with Crippen molar-refractivity contribution in [2.75, 3.05) is 26.7 Å². The molecule has 1 rings (SSSR count). The summed E-state index contributed by atoms with van der Waals surface area (Å²) in [5.41, 5.74) is 0. The molecule has 0 saturated carbocycles. The van der Waals surface area contributed by atoms with Crippen molar-refractivity contribution >= 4 is 0 Å². The van der Waals surface area contributed by atoms with Crippen molar-refractivity contribution in [2.45, 2.75) is 26.4 Å². The normalized spacial score (nSPS) is 29.7. The topological polar surface area (TPSA) is 6.48 Å². The van der Waals surface area contributed by atoms with Crippen molar-refractivity contribution < 1.29 is 0 Å². The molecule has 2 heteroatoms. The Bertz CT molecular complexity index is 101. The van der Waals surface area contributed by atoms with E-state index in [1.807, 2.05) is 0 Å². The van der Waals surface area contributed by atoms with Crippen molar-refractivity contribution in [1.29, 1.82) is 0 Å². The van der Waals surface area contributed by atoms with Crippen LogP contribution in [0, 0.1) is 0 Å². The summed E-state index contributed by atoms with van der Waals surface area (Å²) in [6, 6.07) is 0. The largest absolute Gasteiger partial charge is 0.290 e. The maximum Gasteiger partial charge on any atom is 0.0591 e. The van der Waals surface area contributed by atoms with Crippen molar-refractivity contribution in [3.8, 4) is 0 Å². The van der Waals surface area contributed by atoms with Crippen LogP contribution in [-0.4, -0.2) is 42.6 Å². The quantitative estimate of drug-likeness (QED) is 0.567. The Morgan fingerprint density at radius 1 is 1.40 bits per heavy atom. The minimum Gasteiger partial charge on any atom is -0.290 e. The predicted octanol–water partition coefficient (Wildman–Crippen LogP) is 0.990. The maximum atomic E-state index is 2.53. The summed E-state index contributed by atoms with van der Waals surface area (Å²) in [5, 5.41) is 0. The molecule has 1 aliphatic heterocycles. The summed E-state index contributed by atoms with van der Waals surface area (Å²) in [5.74, 6) is 0. The molecule has 0 bridgehead atoms. The summed E-state index contributed by atoms with van der Waals surface area (Å²) in [6.07, 6.45) is 1.94. The highest BCUT2D eigenvalue weighted by Gasteiger charge is 2.23. The lowest BCUT2D eigenvalue weighted by molar-refractivity contribution is 0.177. The SMILES string of the molecule is CCCN1CCN(C)C1C. The predicted molar refractivity (Wildman–Crippen MR) is 44.0 cm³/mol. The fraction of sp³-hybridized carbons (Fsp3) is 1.00. The van der Waals surface area contributed by atoms with Crippen molar-refractivity contribution in [3.63, 3.8) is 0 Å². The van der Waals surface area contributed by atoms with Gasteiger partial charge in [0, 0.05) is 13.1 Å². The zero-order chi connectivity index (χ0) is 7.56. The molecule has 0 spiro atoms. The number of nitrogens with zero attached hydrogens (tertiary/aromatic N) is 2. The monoisotopic (exact) mass is 142 g/mol. The Morgan fingerprint density at radius 3 is 2.50 bits per heavy atom. The van der Waals surface area contributed by atoms with Gasteiger partial charge in [0.25, 0.3) is 0 Å². The Morgan fingerprint density at radius 2 is 2.10 bits per heavy atom. The maximum absolute atomic E-state index is 2.53. The Kier molecular flexibility index (Phi) is 2.69. The Hall–Kier alpha value is -0.0800. The van der Waals surface area contributed by atoms with Crippen LogP contribution < -0.4 is 0 Å². The molecule has 0 aromatic rings. The van der Waals surface area contributed by atoms with E-state index in [9.17, 15) is 0 Å². The summed E-state index contributed by atoms with van der Waals surface area (Å²) in [7, 11) is 2.19. The summed E-state index contributed by atoms with van der Waals surface area (Å²) in [6.45, 7) is 8.27. The van der Waals surface area contributed by atoms with Crippen LogP contribution in [0.3, 0.4) is 0 Å². The third-order valence-electron chi connectivity index (χ3n) is 2.42. The van der Waals surface area contributed by atoms with Gasteiger partial charge in [-0.15, -0.1) is 0 Å². The van der Waals surface area contributed by atoms with Gasteiger partial charge in [0.05, 0.1) is 6.17 Å². The first-order valence-electron chi connectivity index (χ1n) is 4.20. The van der Waals surface area contributed by atoms with Crippen LogP contribution in [0.2, 0.25) is 0 Å². The number of likely N-dealkylation sites (N-methyl/N-ethyl adjacent to an activating group) is 1. The molecule has 1 aliphatic rings. The fourth-order valence-electron chi connectivity index (χ4n) is 1.52. The number of hydrogen-bond acceptors (Lipinski definition) is 2. The zero-order valence-corrected chi connectivity index (χ0v) is 7.30. The highest BCUT2D eigenvalue weighted by molar-refractivity contribution is 4.74. The summed E-state index contributed by atoms with van der Waals surface area (Å²) < 4.78 is 0. The van der Waals surface area contributed by atoms with Crippen LogP contribution >= 0.6 is 0 Å². The molecule has 2 nitrogen and oxygen atoms in total. The summed E-state index contributed by atoms with van der Waals surface area (Å²) >= 11 is 0. The third kappa shape index (κ3) is 1.50. The van der Waals surface area contributed by atoms with Gasteiger partial charge in [-0.3, -0.25) is 9.80 Å². The van der Waals surface area contributed by atoms with Gasteiger partial charge in [-0.2, -0.15) is 0 Å². The fourth-order valence-corrected chi connectivity index (χ4v) is 1.52. The van der Waals surface area contributed by atoms with Gasteiger partial charge in [0.2, 0.25) is 0 Å². The summed E-state index contributed by atoms with van der Waals surface area (Å²) in [4.78, 5) is 4.93. The first kappa shape index (κ1) is 8.02. The second kappa shape index (κ2) is 3.35. The van der Waals surface area contributed by atoms with Gasteiger partial charge in [-0.1, -0.05) is 6.92 Å². The van der Waals surface area contributed by atoms with E-state index < -0.39 is 0 Å². The molecule has 1 atom stereocenters. The lowest BCUT2D eigenvalue weighted by Gasteiger charge is -2.23. The molecule has 1 saturated heterocycles. The van der Waals surface area contributed by atoms with Gasteiger partial charge in [-0.05, 0) is 26.9 Å². The van der Waals surface area contributed by atoms with Crippen molar-refractivity contribution in [1.82, 2.24) is 9.80 Å². The zero-order valence-electron chi connectivity index (χ0n) is 7.30. The molecule has 0 radical (unpaired) electrons. The van der Waals surface area contributed by atoms with E-state index in [-0.39, 0.29) is 0 Å². The Labute approximate surface area is 63.8 Å². The lowest BCUT2D eigenvalue weighted by Crippen LogP contribution is -2.34. The lowest BCUT2D eigenvalue weighted by atomic mass is 10.4. The number of hydrogen-bond donors (Lipinski definition) is 0. The van der Waals surface area contributed by atoms with Gasteiger partial charge < -0.3 is 0 Å². The van der Waals surface area contributed by atoms with Crippen LogP contribution in [0.4, 0.5) is 0 Å². The molecule has 0 aliphatic carbocycles. The van der Waals surface area contributed by atoms with E-state index in [0.717, 1.165) is 0 Å². The number of rotatable bonds is 2. The highest BCUT2D eigenvalue weighted by atomic mass is 15.4.